The highest BCUT2D eigenvalue weighted by Gasteiger charge is 2.36. The minimum Gasteiger partial charge on any atom is -0.472 e. The van der Waals surface area contributed by atoms with Gasteiger partial charge in [0.2, 0.25) is 5.91 Å². The highest BCUT2D eigenvalue weighted by atomic mass is 19.2. The van der Waals surface area contributed by atoms with Gasteiger partial charge in [0.1, 0.15) is 12.3 Å². The van der Waals surface area contributed by atoms with Crippen LogP contribution in [0.3, 0.4) is 0 Å². The fourth-order valence-corrected chi connectivity index (χ4v) is 4.52. The van der Waals surface area contributed by atoms with Crippen LogP contribution in [0.5, 0.6) is 5.88 Å². The molecule has 1 aromatic carbocycles. The Hall–Kier alpha value is -2.62. The molecule has 4 rings (SSSR count). The van der Waals surface area contributed by atoms with Gasteiger partial charge in [-0.05, 0) is 13.3 Å². The SMILES string of the molecule is CCN(C(=O)C(C)C)[C@H]1CCN(c2nc3cc(F)c(F)cc3nc2OCC2(F)CCOCC2)C1. The first-order valence-electron chi connectivity index (χ1n) is 11.8. The third-order valence-electron chi connectivity index (χ3n) is 6.53. The Morgan fingerprint density at radius 3 is 2.50 bits per heavy atom. The third kappa shape index (κ3) is 5.06. The van der Waals surface area contributed by atoms with E-state index < -0.39 is 17.3 Å². The minimum absolute atomic E-state index is 0.0294. The molecule has 2 aliphatic heterocycles. The van der Waals surface area contributed by atoms with Crippen molar-refractivity contribution < 1.29 is 27.4 Å². The second-order valence-electron chi connectivity index (χ2n) is 9.33. The molecule has 0 aliphatic carbocycles. The number of hydrogen-bond donors (Lipinski definition) is 0. The van der Waals surface area contributed by atoms with Crippen LogP contribution in [0, 0.1) is 17.6 Å². The number of amides is 1. The van der Waals surface area contributed by atoms with Crippen molar-refractivity contribution in [2.24, 2.45) is 5.92 Å². The molecule has 1 aromatic heterocycles. The summed E-state index contributed by atoms with van der Waals surface area (Å²) in [5.74, 6) is -1.70. The molecule has 7 nitrogen and oxygen atoms in total. The van der Waals surface area contributed by atoms with Crippen LogP contribution in [0.4, 0.5) is 19.0 Å². The molecule has 1 amide bonds. The molecule has 0 saturated carbocycles. The van der Waals surface area contributed by atoms with E-state index in [9.17, 15) is 13.6 Å². The van der Waals surface area contributed by atoms with Crippen LogP contribution in [-0.2, 0) is 9.53 Å². The van der Waals surface area contributed by atoms with Crippen LogP contribution in [0.25, 0.3) is 11.0 Å². The molecule has 10 heteroatoms. The van der Waals surface area contributed by atoms with Crippen molar-refractivity contribution in [3.05, 3.63) is 23.8 Å². The largest absolute Gasteiger partial charge is 0.472 e. The maximum absolute atomic E-state index is 15.2. The number of nitrogens with zero attached hydrogens (tertiary/aromatic N) is 4. The lowest BCUT2D eigenvalue weighted by atomic mass is 9.98. The molecule has 0 radical (unpaired) electrons. The monoisotopic (exact) mass is 480 g/mol. The normalized spacial score (nSPS) is 20.2. The van der Waals surface area contributed by atoms with Gasteiger partial charge in [-0.15, -0.1) is 0 Å². The molecule has 0 spiro atoms. The van der Waals surface area contributed by atoms with E-state index in [1.807, 2.05) is 30.6 Å². The Kier molecular flexibility index (Phi) is 7.16. The maximum Gasteiger partial charge on any atom is 0.258 e. The zero-order valence-electron chi connectivity index (χ0n) is 19.8. The van der Waals surface area contributed by atoms with Gasteiger partial charge in [0, 0.05) is 63.7 Å². The van der Waals surface area contributed by atoms with Gasteiger partial charge in [0.25, 0.3) is 5.88 Å². The topological polar surface area (TPSA) is 67.8 Å². The molecule has 186 valence electrons. The van der Waals surface area contributed by atoms with E-state index in [1.54, 1.807) is 0 Å². The highest BCUT2D eigenvalue weighted by molar-refractivity contribution is 5.79. The van der Waals surface area contributed by atoms with Crippen LogP contribution in [0.1, 0.15) is 40.0 Å². The predicted octanol–water partition coefficient (Wildman–Crippen LogP) is 3.89. The predicted molar refractivity (Wildman–Crippen MR) is 122 cm³/mol. The summed E-state index contributed by atoms with van der Waals surface area (Å²) in [5, 5.41) is 0. The molecule has 2 saturated heterocycles. The van der Waals surface area contributed by atoms with Crippen molar-refractivity contribution in [3.63, 3.8) is 0 Å². The molecule has 1 atom stereocenters. The summed E-state index contributed by atoms with van der Waals surface area (Å²) in [6.45, 7) is 7.71. The van der Waals surface area contributed by atoms with Crippen molar-refractivity contribution in [2.45, 2.75) is 51.7 Å². The number of halogens is 3. The molecule has 34 heavy (non-hydrogen) atoms. The summed E-state index contributed by atoms with van der Waals surface area (Å²) < 4.78 is 54.0. The Bertz CT molecular complexity index is 1050. The van der Waals surface area contributed by atoms with Gasteiger partial charge in [0.15, 0.2) is 17.5 Å². The van der Waals surface area contributed by atoms with E-state index in [1.165, 1.54) is 0 Å². The van der Waals surface area contributed by atoms with E-state index in [0.29, 0.717) is 45.1 Å². The molecule has 0 bridgehead atoms. The maximum atomic E-state index is 15.2. The summed E-state index contributed by atoms with van der Waals surface area (Å²) in [4.78, 5) is 25.3. The molecule has 2 aliphatic rings. The molecular formula is C24H31F3N4O3. The number of fused-ring (bicyclic) bond motifs is 1. The van der Waals surface area contributed by atoms with Crippen molar-refractivity contribution in [1.29, 1.82) is 0 Å². The van der Waals surface area contributed by atoms with Crippen molar-refractivity contribution in [2.75, 3.05) is 44.4 Å². The molecule has 2 aromatic rings. The van der Waals surface area contributed by atoms with Crippen molar-refractivity contribution in [3.8, 4) is 5.88 Å². The van der Waals surface area contributed by atoms with Gasteiger partial charge >= 0.3 is 0 Å². The zero-order chi connectivity index (χ0) is 24.5. The Balaban J connectivity index is 1.63. The number of rotatable bonds is 7. The molecule has 2 fully saturated rings. The van der Waals surface area contributed by atoms with E-state index in [0.717, 1.165) is 12.1 Å². The zero-order valence-corrected chi connectivity index (χ0v) is 19.8. The van der Waals surface area contributed by atoms with Gasteiger partial charge in [-0.2, -0.15) is 0 Å². The quantitative estimate of drug-likeness (QED) is 0.599. The Morgan fingerprint density at radius 1 is 1.24 bits per heavy atom. The Labute approximate surface area is 197 Å². The van der Waals surface area contributed by atoms with Crippen LogP contribution in [0.2, 0.25) is 0 Å². The van der Waals surface area contributed by atoms with Gasteiger partial charge < -0.3 is 19.3 Å². The number of ether oxygens (including phenoxy) is 2. The van der Waals surface area contributed by atoms with E-state index in [-0.39, 0.29) is 54.2 Å². The standard InChI is InChI=1S/C24H31F3N4O3/c1-4-31(23(32)15(2)3)16-5-8-30(13-16)21-22(34-14-24(27)6-9-33-10-7-24)29-20-12-18(26)17(25)11-19(20)28-21/h11-12,15-16H,4-10,13-14H2,1-3H3/t16-/m0/s1. The first-order chi connectivity index (χ1) is 16.2. The molecule has 0 unspecified atom stereocenters. The fourth-order valence-electron chi connectivity index (χ4n) is 4.52. The van der Waals surface area contributed by atoms with Gasteiger partial charge in [-0.1, -0.05) is 13.8 Å². The smallest absolute Gasteiger partial charge is 0.258 e. The number of carbonyl (C=O) groups is 1. The lowest BCUT2D eigenvalue weighted by Gasteiger charge is -2.30. The Morgan fingerprint density at radius 2 is 1.88 bits per heavy atom. The molecule has 0 N–H and O–H groups in total. The summed E-state index contributed by atoms with van der Waals surface area (Å²) >= 11 is 0. The minimum atomic E-state index is -1.56. The summed E-state index contributed by atoms with van der Waals surface area (Å²) in [7, 11) is 0. The summed E-state index contributed by atoms with van der Waals surface area (Å²) in [5.41, 5.74) is -1.26. The van der Waals surface area contributed by atoms with Crippen LogP contribution >= 0.6 is 0 Å². The first-order valence-corrected chi connectivity index (χ1v) is 11.8. The van der Waals surface area contributed by atoms with Crippen LogP contribution in [-0.4, -0.2) is 71.9 Å². The number of likely N-dealkylation sites (N-methyl/N-ethyl adjacent to an activating group) is 1. The van der Waals surface area contributed by atoms with Crippen molar-refractivity contribution >= 4 is 22.8 Å². The lowest BCUT2D eigenvalue weighted by molar-refractivity contribution is -0.136. The number of benzene rings is 1. The number of anilines is 1. The third-order valence-corrected chi connectivity index (χ3v) is 6.53. The number of aromatic nitrogens is 2. The average Bonchev–Trinajstić information content (AvgIpc) is 3.28. The first kappa shape index (κ1) is 24.5. The number of alkyl halides is 1. The van der Waals surface area contributed by atoms with Gasteiger partial charge in [0.05, 0.1) is 17.1 Å². The van der Waals surface area contributed by atoms with Crippen molar-refractivity contribution in [1.82, 2.24) is 14.9 Å². The molecule has 3 heterocycles. The second-order valence-corrected chi connectivity index (χ2v) is 9.33. The van der Waals surface area contributed by atoms with E-state index in [4.69, 9.17) is 9.47 Å². The van der Waals surface area contributed by atoms with Crippen LogP contribution in [0.15, 0.2) is 12.1 Å². The summed E-state index contributed by atoms with van der Waals surface area (Å²) in [6.07, 6.45) is 1.13. The number of hydrogen-bond acceptors (Lipinski definition) is 6. The lowest BCUT2D eigenvalue weighted by Crippen LogP contribution is -2.44. The van der Waals surface area contributed by atoms with E-state index in [2.05, 4.69) is 9.97 Å². The molecular weight excluding hydrogens is 449 g/mol. The summed E-state index contributed by atoms with van der Waals surface area (Å²) in [6, 6.07) is 1.92. The van der Waals surface area contributed by atoms with Crippen LogP contribution < -0.4 is 9.64 Å². The van der Waals surface area contributed by atoms with Gasteiger partial charge in [-0.3, -0.25) is 4.79 Å². The second kappa shape index (κ2) is 9.93. The van der Waals surface area contributed by atoms with Gasteiger partial charge in [-0.25, -0.2) is 23.1 Å². The average molecular weight is 481 g/mol. The highest BCUT2D eigenvalue weighted by Crippen LogP contribution is 2.34. The van der Waals surface area contributed by atoms with E-state index >= 15 is 4.39 Å². The fraction of sp³-hybridized carbons (Fsp3) is 0.625. The number of carbonyl (C=O) groups excluding carboxylic acids is 1.